The van der Waals surface area contributed by atoms with Gasteiger partial charge in [-0.25, -0.2) is 9.97 Å². The zero-order valence-electron chi connectivity index (χ0n) is 16.9. The first-order chi connectivity index (χ1) is 13.4. The van der Waals surface area contributed by atoms with Crippen molar-refractivity contribution in [1.29, 1.82) is 0 Å². The SMILES string of the molecule is Cc1ccc(OC(C)(C)C(=O)N2CCC[C@@H]2c2ncc3c(n2)CCNC3)cc1. The van der Waals surface area contributed by atoms with Gasteiger partial charge >= 0.3 is 0 Å². The van der Waals surface area contributed by atoms with Gasteiger partial charge in [0.15, 0.2) is 11.4 Å². The van der Waals surface area contributed by atoms with Crippen LogP contribution in [0.25, 0.3) is 0 Å². The monoisotopic (exact) mass is 380 g/mol. The van der Waals surface area contributed by atoms with Gasteiger partial charge in [0.25, 0.3) is 5.91 Å². The van der Waals surface area contributed by atoms with Crippen LogP contribution in [0.3, 0.4) is 0 Å². The Bertz CT molecular complexity index is 863. The molecule has 2 aromatic rings. The summed E-state index contributed by atoms with van der Waals surface area (Å²) in [5, 5.41) is 3.34. The van der Waals surface area contributed by atoms with Crippen molar-refractivity contribution >= 4 is 5.91 Å². The predicted octanol–water partition coefficient (Wildman–Crippen LogP) is 2.95. The summed E-state index contributed by atoms with van der Waals surface area (Å²) in [7, 11) is 0. The molecule has 0 bridgehead atoms. The molecule has 1 aromatic heterocycles. The molecule has 1 aromatic carbocycles. The highest BCUT2D eigenvalue weighted by molar-refractivity contribution is 5.85. The Hall–Kier alpha value is -2.47. The first-order valence-electron chi connectivity index (χ1n) is 10.1. The summed E-state index contributed by atoms with van der Waals surface area (Å²) in [5.41, 5.74) is 2.48. The van der Waals surface area contributed by atoms with E-state index in [4.69, 9.17) is 9.72 Å². The van der Waals surface area contributed by atoms with Crippen LogP contribution in [0.4, 0.5) is 0 Å². The van der Waals surface area contributed by atoms with Crippen LogP contribution in [0.15, 0.2) is 30.5 Å². The van der Waals surface area contributed by atoms with Crippen LogP contribution < -0.4 is 10.1 Å². The van der Waals surface area contributed by atoms with Gasteiger partial charge in [-0.2, -0.15) is 0 Å². The number of nitrogens with zero attached hydrogens (tertiary/aromatic N) is 3. The minimum absolute atomic E-state index is 0.0152. The molecule has 4 rings (SSSR count). The van der Waals surface area contributed by atoms with Crippen molar-refractivity contribution in [3.05, 3.63) is 53.1 Å². The number of fused-ring (bicyclic) bond motifs is 1. The fraction of sp³-hybridized carbons (Fsp3) is 0.500. The van der Waals surface area contributed by atoms with E-state index in [0.29, 0.717) is 12.3 Å². The number of carbonyl (C=O) groups is 1. The highest BCUT2D eigenvalue weighted by atomic mass is 16.5. The molecule has 1 fully saturated rings. The molecule has 1 atom stereocenters. The lowest BCUT2D eigenvalue weighted by molar-refractivity contribution is -0.146. The minimum atomic E-state index is -0.948. The van der Waals surface area contributed by atoms with Crippen molar-refractivity contribution in [2.45, 2.75) is 58.2 Å². The summed E-state index contributed by atoms with van der Waals surface area (Å²) in [4.78, 5) is 24.7. The van der Waals surface area contributed by atoms with Crippen molar-refractivity contribution in [2.75, 3.05) is 13.1 Å². The molecule has 2 aliphatic rings. The van der Waals surface area contributed by atoms with E-state index in [2.05, 4.69) is 10.3 Å². The normalized spacial score (nSPS) is 19.4. The number of amides is 1. The van der Waals surface area contributed by atoms with Crippen LogP contribution in [0.2, 0.25) is 0 Å². The summed E-state index contributed by atoms with van der Waals surface area (Å²) in [6.45, 7) is 8.18. The van der Waals surface area contributed by atoms with Gasteiger partial charge in [0.2, 0.25) is 0 Å². The molecule has 6 heteroatoms. The highest BCUT2D eigenvalue weighted by Crippen LogP contribution is 2.33. The molecular formula is C22H28N4O2. The number of benzene rings is 1. The van der Waals surface area contributed by atoms with Crippen LogP contribution in [0, 0.1) is 6.92 Å². The highest BCUT2D eigenvalue weighted by Gasteiger charge is 2.41. The molecule has 28 heavy (non-hydrogen) atoms. The van der Waals surface area contributed by atoms with Crippen LogP contribution >= 0.6 is 0 Å². The van der Waals surface area contributed by atoms with Gasteiger partial charge in [0, 0.05) is 43.5 Å². The summed E-state index contributed by atoms with van der Waals surface area (Å²) in [6, 6.07) is 7.72. The molecule has 1 amide bonds. The first-order valence-corrected chi connectivity index (χ1v) is 10.1. The number of aromatic nitrogens is 2. The molecule has 0 aliphatic carbocycles. The second-order valence-electron chi connectivity index (χ2n) is 8.21. The van der Waals surface area contributed by atoms with E-state index in [-0.39, 0.29) is 11.9 Å². The maximum absolute atomic E-state index is 13.3. The van der Waals surface area contributed by atoms with Crippen LogP contribution in [-0.2, 0) is 17.8 Å². The van der Waals surface area contributed by atoms with E-state index in [9.17, 15) is 4.79 Å². The van der Waals surface area contributed by atoms with Crippen LogP contribution in [0.5, 0.6) is 5.75 Å². The van der Waals surface area contributed by atoms with E-state index < -0.39 is 5.60 Å². The Balaban J connectivity index is 1.53. The number of nitrogens with one attached hydrogen (secondary N) is 1. The lowest BCUT2D eigenvalue weighted by Crippen LogP contribution is -2.48. The van der Waals surface area contributed by atoms with E-state index in [1.807, 2.05) is 56.1 Å². The van der Waals surface area contributed by atoms with E-state index in [1.165, 1.54) is 0 Å². The number of likely N-dealkylation sites (tertiary alicyclic amines) is 1. The molecule has 3 heterocycles. The van der Waals surface area contributed by atoms with Gasteiger partial charge in [0.1, 0.15) is 5.75 Å². The quantitative estimate of drug-likeness (QED) is 0.883. The lowest BCUT2D eigenvalue weighted by atomic mass is 10.1. The molecule has 0 spiro atoms. The van der Waals surface area contributed by atoms with Gasteiger partial charge in [-0.1, -0.05) is 17.7 Å². The third-order valence-corrected chi connectivity index (χ3v) is 5.55. The van der Waals surface area contributed by atoms with Crippen molar-refractivity contribution in [1.82, 2.24) is 20.2 Å². The van der Waals surface area contributed by atoms with Gasteiger partial charge in [0.05, 0.1) is 6.04 Å². The smallest absolute Gasteiger partial charge is 0.266 e. The van der Waals surface area contributed by atoms with Gasteiger partial charge in [-0.3, -0.25) is 4.79 Å². The van der Waals surface area contributed by atoms with E-state index in [0.717, 1.165) is 55.0 Å². The Morgan fingerprint density at radius 3 is 2.86 bits per heavy atom. The molecule has 148 valence electrons. The van der Waals surface area contributed by atoms with Crippen LogP contribution in [0.1, 0.15) is 55.4 Å². The molecule has 0 saturated carbocycles. The van der Waals surface area contributed by atoms with Gasteiger partial charge < -0.3 is 15.0 Å². The molecule has 6 nitrogen and oxygen atoms in total. The second-order valence-corrected chi connectivity index (χ2v) is 8.21. The van der Waals surface area contributed by atoms with Crippen molar-refractivity contribution in [3.8, 4) is 5.75 Å². The maximum Gasteiger partial charge on any atom is 0.266 e. The molecule has 0 unspecified atom stereocenters. The second kappa shape index (κ2) is 7.51. The fourth-order valence-electron chi connectivity index (χ4n) is 3.98. The molecule has 1 saturated heterocycles. The van der Waals surface area contributed by atoms with Crippen molar-refractivity contribution < 1.29 is 9.53 Å². The van der Waals surface area contributed by atoms with Crippen LogP contribution in [-0.4, -0.2) is 39.5 Å². The summed E-state index contributed by atoms with van der Waals surface area (Å²) >= 11 is 0. The number of aryl methyl sites for hydroxylation is 1. The molecular weight excluding hydrogens is 352 g/mol. The standard InChI is InChI=1S/C22H28N4O2/c1-15-6-8-17(9-7-15)28-22(2,3)21(27)26-12-4-5-19(26)20-24-14-16-13-23-11-10-18(16)25-20/h6-9,14,19,23H,4-5,10-13H2,1-3H3/t19-/m1/s1. The molecule has 0 radical (unpaired) electrons. The Morgan fingerprint density at radius 1 is 1.29 bits per heavy atom. The molecule has 2 aliphatic heterocycles. The van der Waals surface area contributed by atoms with Gasteiger partial charge in [-0.05, 0) is 45.7 Å². The summed E-state index contributed by atoms with van der Waals surface area (Å²) < 4.78 is 6.07. The number of hydrogen-bond acceptors (Lipinski definition) is 5. The maximum atomic E-state index is 13.3. The zero-order valence-corrected chi connectivity index (χ0v) is 16.9. The third-order valence-electron chi connectivity index (χ3n) is 5.55. The minimum Gasteiger partial charge on any atom is -0.478 e. The van der Waals surface area contributed by atoms with E-state index in [1.54, 1.807) is 0 Å². The lowest BCUT2D eigenvalue weighted by Gasteiger charge is -2.33. The predicted molar refractivity (Wildman–Crippen MR) is 107 cm³/mol. The average Bonchev–Trinajstić information content (AvgIpc) is 3.18. The number of carbonyl (C=O) groups excluding carboxylic acids is 1. The van der Waals surface area contributed by atoms with Gasteiger partial charge in [-0.15, -0.1) is 0 Å². The van der Waals surface area contributed by atoms with E-state index >= 15 is 0 Å². The number of rotatable bonds is 4. The topological polar surface area (TPSA) is 67.3 Å². The molecule has 1 N–H and O–H groups in total. The number of ether oxygens (including phenoxy) is 1. The van der Waals surface area contributed by atoms with Crippen molar-refractivity contribution in [2.24, 2.45) is 0 Å². The number of hydrogen-bond donors (Lipinski definition) is 1. The Morgan fingerprint density at radius 2 is 2.07 bits per heavy atom. The zero-order chi connectivity index (χ0) is 19.7. The Kier molecular flexibility index (Phi) is 5.06. The Labute approximate surface area is 166 Å². The first kappa shape index (κ1) is 18.9. The largest absolute Gasteiger partial charge is 0.478 e. The average molecular weight is 380 g/mol. The summed E-state index contributed by atoms with van der Waals surface area (Å²) in [5.74, 6) is 1.45. The summed E-state index contributed by atoms with van der Waals surface area (Å²) in [6.07, 6.45) is 4.68. The van der Waals surface area contributed by atoms with Crippen molar-refractivity contribution in [3.63, 3.8) is 0 Å². The third kappa shape index (κ3) is 3.74. The fourth-order valence-corrected chi connectivity index (χ4v) is 3.98.